The van der Waals surface area contributed by atoms with Crippen LogP contribution in [0.1, 0.15) is 24.9 Å². The van der Waals surface area contributed by atoms with E-state index in [1.165, 1.54) is 0 Å². The van der Waals surface area contributed by atoms with Crippen LogP contribution in [0.4, 0.5) is 0 Å². The van der Waals surface area contributed by atoms with Crippen molar-refractivity contribution < 1.29 is 9.47 Å². The Hall–Kier alpha value is -1.48. The van der Waals surface area contributed by atoms with Crippen LogP contribution in [0, 0.1) is 0 Å². The van der Waals surface area contributed by atoms with Crippen LogP contribution in [0.25, 0.3) is 0 Å². The van der Waals surface area contributed by atoms with Crippen molar-refractivity contribution in [1.82, 2.24) is 5.32 Å². The van der Waals surface area contributed by atoms with E-state index >= 15 is 0 Å². The molecular formula is C14H21NO2. The van der Waals surface area contributed by atoms with Gasteiger partial charge in [-0.05, 0) is 30.7 Å². The number of methoxy groups -OCH3 is 2. The van der Waals surface area contributed by atoms with E-state index in [1.54, 1.807) is 14.2 Å². The van der Waals surface area contributed by atoms with Crippen molar-refractivity contribution in [2.75, 3.05) is 20.8 Å². The smallest absolute Gasteiger partial charge is 0.122 e. The quantitative estimate of drug-likeness (QED) is 0.737. The highest BCUT2D eigenvalue weighted by Crippen LogP contribution is 2.26. The molecule has 3 nitrogen and oxygen atoms in total. The summed E-state index contributed by atoms with van der Waals surface area (Å²) < 4.78 is 10.5. The summed E-state index contributed by atoms with van der Waals surface area (Å²) in [6.07, 6.45) is 2.98. The zero-order chi connectivity index (χ0) is 12.7. The molecule has 0 saturated carbocycles. The van der Waals surface area contributed by atoms with Crippen molar-refractivity contribution >= 4 is 0 Å². The zero-order valence-corrected chi connectivity index (χ0v) is 10.8. The van der Waals surface area contributed by atoms with E-state index < -0.39 is 0 Å². The van der Waals surface area contributed by atoms with Crippen LogP contribution in [0.15, 0.2) is 30.9 Å². The minimum absolute atomic E-state index is 0.124. The molecule has 0 aromatic heterocycles. The van der Waals surface area contributed by atoms with Crippen LogP contribution in [0.3, 0.4) is 0 Å². The highest BCUT2D eigenvalue weighted by atomic mass is 16.5. The lowest BCUT2D eigenvalue weighted by atomic mass is 10.1. The molecule has 0 aliphatic carbocycles. The lowest BCUT2D eigenvalue weighted by Crippen LogP contribution is -2.20. The number of hydrogen-bond acceptors (Lipinski definition) is 3. The van der Waals surface area contributed by atoms with Gasteiger partial charge in [0.25, 0.3) is 0 Å². The third-order valence-electron chi connectivity index (χ3n) is 2.58. The van der Waals surface area contributed by atoms with Crippen LogP contribution >= 0.6 is 0 Å². The molecule has 1 unspecified atom stereocenters. The molecule has 1 N–H and O–H groups in total. The molecule has 0 bridgehead atoms. The van der Waals surface area contributed by atoms with Gasteiger partial charge in [0.1, 0.15) is 11.5 Å². The number of rotatable bonds is 7. The van der Waals surface area contributed by atoms with Gasteiger partial charge >= 0.3 is 0 Å². The Morgan fingerprint density at radius 3 is 2.24 bits per heavy atom. The third-order valence-corrected chi connectivity index (χ3v) is 2.58. The van der Waals surface area contributed by atoms with Gasteiger partial charge in [-0.2, -0.15) is 0 Å². The van der Waals surface area contributed by atoms with Crippen molar-refractivity contribution in [2.45, 2.75) is 19.4 Å². The predicted molar refractivity (Wildman–Crippen MR) is 70.8 cm³/mol. The lowest BCUT2D eigenvalue weighted by Gasteiger charge is -2.16. The second-order valence-electron chi connectivity index (χ2n) is 3.81. The van der Waals surface area contributed by atoms with Gasteiger partial charge in [-0.3, -0.25) is 0 Å². The molecule has 0 aliphatic heterocycles. The van der Waals surface area contributed by atoms with Crippen LogP contribution < -0.4 is 14.8 Å². The van der Waals surface area contributed by atoms with Crippen molar-refractivity contribution in [3.8, 4) is 11.5 Å². The number of benzene rings is 1. The highest BCUT2D eigenvalue weighted by molar-refractivity contribution is 5.40. The van der Waals surface area contributed by atoms with Crippen molar-refractivity contribution in [3.63, 3.8) is 0 Å². The first kappa shape index (κ1) is 13.6. The molecule has 94 valence electrons. The predicted octanol–water partition coefficient (Wildman–Crippen LogP) is 2.93. The second kappa shape index (κ2) is 6.97. The Kier molecular flexibility index (Phi) is 5.57. The van der Waals surface area contributed by atoms with Gasteiger partial charge in [-0.1, -0.05) is 13.0 Å². The van der Waals surface area contributed by atoms with E-state index in [2.05, 4.69) is 18.8 Å². The molecule has 1 atom stereocenters. The highest BCUT2D eigenvalue weighted by Gasteiger charge is 2.09. The maximum atomic E-state index is 5.25. The Morgan fingerprint density at radius 2 is 1.82 bits per heavy atom. The van der Waals surface area contributed by atoms with E-state index in [0.717, 1.165) is 30.0 Å². The average molecular weight is 235 g/mol. The number of hydrogen-bond donors (Lipinski definition) is 1. The maximum Gasteiger partial charge on any atom is 0.122 e. The normalized spacial score (nSPS) is 11.9. The van der Waals surface area contributed by atoms with E-state index in [0.29, 0.717) is 0 Å². The summed E-state index contributed by atoms with van der Waals surface area (Å²) in [6.45, 7) is 6.95. The largest absolute Gasteiger partial charge is 0.497 e. The number of ether oxygens (including phenoxy) is 2. The van der Waals surface area contributed by atoms with Crippen molar-refractivity contribution in [1.29, 1.82) is 0 Å². The van der Waals surface area contributed by atoms with Crippen LogP contribution in [0.2, 0.25) is 0 Å². The first-order valence-corrected chi connectivity index (χ1v) is 5.84. The molecule has 0 fully saturated rings. The monoisotopic (exact) mass is 235 g/mol. The Morgan fingerprint density at radius 1 is 1.24 bits per heavy atom. The molecule has 0 heterocycles. The Balaban J connectivity index is 2.96. The summed E-state index contributed by atoms with van der Waals surface area (Å²) in [5.74, 6) is 1.59. The topological polar surface area (TPSA) is 30.5 Å². The molecular weight excluding hydrogens is 214 g/mol. The summed E-state index contributed by atoms with van der Waals surface area (Å²) in [7, 11) is 3.31. The van der Waals surface area contributed by atoms with Gasteiger partial charge in [0.15, 0.2) is 0 Å². The Labute approximate surface area is 103 Å². The van der Waals surface area contributed by atoms with Gasteiger partial charge < -0.3 is 14.8 Å². The van der Waals surface area contributed by atoms with Gasteiger partial charge in [0.05, 0.1) is 20.3 Å². The zero-order valence-electron chi connectivity index (χ0n) is 10.8. The fourth-order valence-corrected chi connectivity index (χ4v) is 1.65. The standard InChI is InChI=1S/C14H21NO2/c1-5-7-15-14(6-2)11-8-12(16-3)10-13(9-11)17-4/h6,8-10,14-15H,2,5,7H2,1,3-4H3. The Bertz CT molecular complexity index is 341. The molecule has 0 aliphatic rings. The number of nitrogens with one attached hydrogen (secondary N) is 1. The summed E-state index contributed by atoms with van der Waals surface area (Å²) in [5, 5.41) is 3.41. The molecule has 0 spiro atoms. The van der Waals surface area contributed by atoms with Crippen molar-refractivity contribution in [2.24, 2.45) is 0 Å². The average Bonchev–Trinajstić information content (AvgIpc) is 2.39. The fourth-order valence-electron chi connectivity index (χ4n) is 1.65. The van der Waals surface area contributed by atoms with Crippen LogP contribution in [-0.4, -0.2) is 20.8 Å². The minimum atomic E-state index is 0.124. The van der Waals surface area contributed by atoms with E-state index in [4.69, 9.17) is 9.47 Å². The minimum Gasteiger partial charge on any atom is -0.497 e. The summed E-state index contributed by atoms with van der Waals surface area (Å²) in [4.78, 5) is 0. The lowest BCUT2D eigenvalue weighted by molar-refractivity contribution is 0.392. The molecule has 0 radical (unpaired) electrons. The molecule has 1 aromatic rings. The second-order valence-corrected chi connectivity index (χ2v) is 3.81. The first-order valence-electron chi connectivity index (χ1n) is 5.84. The molecule has 0 saturated heterocycles. The van der Waals surface area contributed by atoms with E-state index in [-0.39, 0.29) is 6.04 Å². The maximum absolute atomic E-state index is 5.25. The fraction of sp³-hybridized carbons (Fsp3) is 0.429. The molecule has 3 heteroatoms. The van der Waals surface area contributed by atoms with Gasteiger partial charge in [0.2, 0.25) is 0 Å². The molecule has 1 rings (SSSR count). The third kappa shape index (κ3) is 3.79. The summed E-state index contributed by atoms with van der Waals surface area (Å²) in [6, 6.07) is 5.98. The molecule has 1 aromatic carbocycles. The molecule has 17 heavy (non-hydrogen) atoms. The van der Waals surface area contributed by atoms with Crippen LogP contribution in [0.5, 0.6) is 11.5 Å². The summed E-state index contributed by atoms with van der Waals surface area (Å²) >= 11 is 0. The molecule has 0 amide bonds. The van der Waals surface area contributed by atoms with Crippen LogP contribution in [-0.2, 0) is 0 Å². The summed E-state index contributed by atoms with van der Waals surface area (Å²) in [5.41, 5.74) is 1.10. The van der Waals surface area contributed by atoms with Gasteiger partial charge in [-0.15, -0.1) is 6.58 Å². The SMILES string of the molecule is C=CC(NCCC)c1cc(OC)cc(OC)c1. The van der Waals surface area contributed by atoms with Gasteiger partial charge in [0, 0.05) is 6.07 Å². The van der Waals surface area contributed by atoms with E-state index in [9.17, 15) is 0 Å². The van der Waals surface area contributed by atoms with Crippen molar-refractivity contribution in [3.05, 3.63) is 36.4 Å². The first-order chi connectivity index (χ1) is 8.24. The van der Waals surface area contributed by atoms with Gasteiger partial charge in [-0.25, -0.2) is 0 Å². The van der Waals surface area contributed by atoms with E-state index in [1.807, 2.05) is 24.3 Å².